The molecule has 2 aromatic carbocycles. The quantitative estimate of drug-likeness (QED) is 0.692. The fourth-order valence-electron chi connectivity index (χ4n) is 3.08. The van der Waals surface area contributed by atoms with Crippen LogP contribution in [0.2, 0.25) is 0 Å². The molecule has 3 rings (SSSR count). The van der Waals surface area contributed by atoms with Crippen LogP contribution in [0.4, 0.5) is 0 Å². The predicted molar refractivity (Wildman–Crippen MR) is 110 cm³/mol. The summed E-state index contributed by atoms with van der Waals surface area (Å²) < 4.78 is 0. The molecule has 0 saturated carbocycles. The molecule has 146 valence electrons. The van der Waals surface area contributed by atoms with Crippen LogP contribution in [0.5, 0.6) is 0 Å². The van der Waals surface area contributed by atoms with Crippen LogP contribution in [0.3, 0.4) is 0 Å². The summed E-state index contributed by atoms with van der Waals surface area (Å²) in [5, 5.41) is 2.91. The molecule has 0 fully saturated rings. The number of aromatic amines is 1. The summed E-state index contributed by atoms with van der Waals surface area (Å²) in [7, 11) is 3.44. The highest BCUT2D eigenvalue weighted by Crippen LogP contribution is 2.19. The SMILES string of the molecule is Cc1ccc2[nH]c(CCC(=O)NCc3cccc(C(=O)N(C)C)c3)nc2c1C. The minimum absolute atomic E-state index is 0.0438. The van der Waals surface area contributed by atoms with Crippen molar-refractivity contribution in [1.82, 2.24) is 20.2 Å². The number of imidazole rings is 1. The van der Waals surface area contributed by atoms with Gasteiger partial charge in [-0.25, -0.2) is 4.98 Å². The average molecular weight is 378 g/mol. The van der Waals surface area contributed by atoms with E-state index in [-0.39, 0.29) is 11.8 Å². The van der Waals surface area contributed by atoms with Gasteiger partial charge in [0, 0.05) is 39.0 Å². The van der Waals surface area contributed by atoms with Gasteiger partial charge >= 0.3 is 0 Å². The third-order valence-electron chi connectivity index (χ3n) is 4.89. The second kappa shape index (κ2) is 8.25. The van der Waals surface area contributed by atoms with Gasteiger partial charge < -0.3 is 15.2 Å². The number of benzene rings is 2. The van der Waals surface area contributed by atoms with Crippen LogP contribution >= 0.6 is 0 Å². The van der Waals surface area contributed by atoms with Crippen molar-refractivity contribution in [2.75, 3.05) is 14.1 Å². The van der Waals surface area contributed by atoms with Crippen molar-refractivity contribution >= 4 is 22.8 Å². The van der Waals surface area contributed by atoms with Crippen molar-refractivity contribution in [2.24, 2.45) is 0 Å². The van der Waals surface area contributed by atoms with E-state index in [2.05, 4.69) is 35.2 Å². The first kappa shape index (κ1) is 19.6. The van der Waals surface area contributed by atoms with E-state index in [1.165, 1.54) is 10.5 Å². The van der Waals surface area contributed by atoms with Crippen molar-refractivity contribution in [3.63, 3.8) is 0 Å². The van der Waals surface area contributed by atoms with Crippen LogP contribution < -0.4 is 5.32 Å². The summed E-state index contributed by atoms with van der Waals surface area (Å²) in [5.41, 5.74) is 5.86. The van der Waals surface area contributed by atoms with Crippen molar-refractivity contribution in [1.29, 1.82) is 0 Å². The Morgan fingerprint density at radius 3 is 2.68 bits per heavy atom. The Labute approximate surface area is 165 Å². The van der Waals surface area contributed by atoms with Gasteiger partial charge in [-0.3, -0.25) is 9.59 Å². The van der Waals surface area contributed by atoms with Crippen molar-refractivity contribution < 1.29 is 9.59 Å². The van der Waals surface area contributed by atoms with E-state index in [9.17, 15) is 9.59 Å². The number of rotatable bonds is 6. The number of hydrogen-bond donors (Lipinski definition) is 2. The van der Waals surface area contributed by atoms with Crippen molar-refractivity contribution in [2.45, 2.75) is 33.2 Å². The minimum atomic E-state index is -0.0522. The number of carbonyl (C=O) groups is 2. The fourth-order valence-corrected chi connectivity index (χ4v) is 3.08. The molecule has 6 heteroatoms. The summed E-state index contributed by atoms with van der Waals surface area (Å²) in [6, 6.07) is 11.4. The van der Waals surface area contributed by atoms with E-state index in [0.29, 0.717) is 24.9 Å². The Hall–Kier alpha value is -3.15. The van der Waals surface area contributed by atoms with Crippen molar-refractivity contribution in [3.05, 3.63) is 64.5 Å². The molecule has 28 heavy (non-hydrogen) atoms. The van der Waals surface area contributed by atoms with E-state index < -0.39 is 0 Å². The molecular weight excluding hydrogens is 352 g/mol. The lowest BCUT2D eigenvalue weighted by Gasteiger charge is -2.11. The first-order valence-electron chi connectivity index (χ1n) is 9.37. The molecule has 0 spiro atoms. The second-order valence-electron chi connectivity index (χ2n) is 7.26. The molecule has 3 aromatic rings. The number of aromatic nitrogens is 2. The molecule has 2 amide bonds. The van der Waals surface area contributed by atoms with Gasteiger partial charge in [0.2, 0.25) is 5.91 Å². The van der Waals surface area contributed by atoms with Gasteiger partial charge in [-0.2, -0.15) is 0 Å². The van der Waals surface area contributed by atoms with E-state index >= 15 is 0 Å². The molecular formula is C22H26N4O2. The third kappa shape index (κ3) is 4.39. The third-order valence-corrected chi connectivity index (χ3v) is 4.89. The highest BCUT2D eigenvalue weighted by Gasteiger charge is 2.11. The Morgan fingerprint density at radius 2 is 1.93 bits per heavy atom. The number of fused-ring (bicyclic) bond motifs is 1. The number of aryl methyl sites for hydroxylation is 3. The molecule has 0 aliphatic rings. The normalized spacial score (nSPS) is 10.9. The molecule has 0 saturated heterocycles. The molecule has 0 bridgehead atoms. The Morgan fingerprint density at radius 1 is 1.14 bits per heavy atom. The monoisotopic (exact) mass is 378 g/mol. The maximum atomic E-state index is 12.2. The average Bonchev–Trinajstić information content (AvgIpc) is 3.11. The first-order valence-corrected chi connectivity index (χ1v) is 9.37. The molecule has 0 atom stereocenters. The van der Waals surface area contributed by atoms with Gasteiger partial charge in [-0.1, -0.05) is 18.2 Å². The molecule has 0 aliphatic carbocycles. The number of hydrogen-bond acceptors (Lipinski definition) is 3. The lowest BCUT2D eigenvalue weighted by Crippen LogP contribution is -2.24. The fraction of sp³-hybridized carbons (Fsp3) is 0.318. The van der Waals surface area contributed by atoms with Gasteiger partial charge in [0.15, 0.2) is 0 Å². The Kier molecular flexibility index (Phi) is 5.78. The molecule has 0 radical (unpaired) electrons. The number of carbonyl (C=O) groups excluding carboxylic acids is 2. The van der Waals surface area contributed by atoms with E-state index in [4.69, 9.17) is 0 Å². The summed E-state index contributed by atoms with van der Waals surface area (Å²) >= 11 is 0. The highest BCUT2D eigenvalue weighted by atomic mass is 16.2. The smallest absolute Gasteiger partial charge is 0.253 e. The Bertz CT molecular complexity index is 1020. The van der Waals surface area contributed by atoms with Gasteiger partial charge in [-0.15, -0.1) is 0 Å². The van der Waals surface area contributed by atoms with Crippen molar-refractivity contribution in [3.8, 4) is 0 Å². The van der Waals surface area contributed by atoms with Crippen LogP contribution in [0, 0.1) is 13.8 Å². The number of nitrogens with one attached hydrogen (secondary N) is 2. The summed E-state index contributed by atoms with van der Waals surface area (Å²) in [6.45, 7) is 4.52. The van der Waals surface area contributed by atoms with Crippen LogP contribution in [-0.4, -0.2) is 40.8 Å². The number of H-pyrrole nitrogens is 1. The second-order valence-corrected chi connectivity index (χ2v) is 7.26. The largest absolute Gasteiger partial charge is 0.352 e. The molecule has 2 N–H and O–H groups in total. The van der Waals surface area contributed by atoms with Gasteiger partial charge in [0.05, 0.1) is 11.0 Å². The summed E-state index contributed by atoms with van der Waals surface area (Å²) in [5.74, 6) is 0.721. The van der Waals surface area contributed by atoms with Crippen LogP contribution in [0.25, 0.3) is 11.0 Å². The van der Waals surface area contributed by atoms with E-state index in [1.54, 1.807) is 20.2 Å². The Balaban J connectivity index is 1.56. The minimum Gasteiger partial charge on any atom is -0.352 e. The summed E-state index contributed by atoms with van der Waals surface area (Å²) in [6.07, 6.45) is 0.909. The van der Waals surface area contributed by atoms with E-state index in [1.807, 2.05) is 24.3 Å². The number of amides is 2. The van der Waals surface area contributed by atoms with E-state index in [0.717, 1.165) is 28.0 Å². The molecule has 0 aliphatic heterocycles. The predicted octanol–water partition coefficient (Wildman–Crippen LogP) is 3.13. The molecule has 1 aromatic heterocycles. The maximum absolute atomic E-state index is 12.2. The topological polar surface area (TPSA) is 78.1 Å². The first-order chi connectivity index (χ1) is 13.3. The standard InChI is InChI=1S/C22H26N4O2/c1-14-8-9-18-21(15(14)2)25-19(24-18)10-11-20(27)23-13-16-6-5-7-17(12-16)22(28)26(3)4/h5-9,12H,10-11,13H2,1-4H3,(H,23,27)(H,24,25). The number of nitrogens with zero attached hydrogens (tertiary/aromatic N) is 2. The lowest BCUT2D eigenvalue weighted by atomic mass is 10.1. The van der Waals surface area contributed by atoms with Gasteiger partial charge in [0.1, 0.15) is 5.82 Å². The van der Waals surface area contributed by atoms with Crippen LogP contribution in [0.1, 0.15) is 39.3 Å². The highest BCUT2D eigenvalue weighted by molar-refractivity contribution is 5.94. The zero-order chi connectivity index (χ0) is 20.3. The summed E-state index contributed by atoms with van der Waals surface area (Å²) in [4.78, 5) is 33.7. The van der Waals surface area contributed by atoms with Crippen LogP contribution in [-0.2, 0) is 17.8 Å². The van der Waals surface area contributed by atoms with Gasteiger partial charge in [0.25, 0.3) is 5.91 Å². The van der Waals surface area contributed by atoms with Gasteiger partial charge in [-0.05, 0) is 48.7 Å². The molecule has 6 nitrogen and oxygen atoms in total. The molecule has 0 unspecified atom stereocenters. The zero-order valence-corrected chi connectivity index (χ0v) is 16.8. The molecule has 1 heterocycles. The van der Waals surface area contributed by atoms with Crippen LogP contribution in [0.15, 0.2) is 36.4 Å². The lowest BCUT2D eigenvalue weighted by molar-refractivity contribution is -0.121. The zero-order valence-electron chi connectivity index (χ0n) is 16.8. The maximum Gasteiger partial charge on any atom is 0.253 e.